The van der Waals surface area contributed by atoms with Gasteiger partial charge in [0.05, 0.1) is 17.7 Å². The van der Waals surface area contributed by atoms with Gasteiger partial charge in [0, 0.05) is 21.2 Å². The molecule has 0 aromatic carbocycles. The Morgan fingerprint density at radius 3 is 3.00 bits per heavy atom. The fourth-order valence-electron chi connectivity index (χ4n) is 1.70. The zero-order chi connectivity index (χ0) is 11.7. The lowest BCUT2D eigenvalue weighted by Gasteiger charge is -2.05. The Kier molecular flexibility index (Phi) is 2.78. The van der Waals surface area contributed by atoms with Crippen LogP contribution in [0.5, 0.6) is 0 Å². The highest BCUT2D eigenvalue weighted by molar-refractivity contribution is 7.17. The Labute approximate surface area is 107 Å². The molecule has 0 amide bonds. The van der Waals surface area contributed by atoms with Gasteiger partial charge in [0.15, 0.2) is 0 Å². The van der Waals surface area contributed by atoms with Gasteiger partial charge in [-0.3, -0.25) is 0 Å². The number of anilines is 1. The van der Waals surface area contributed by atoms with E-state index < -0.39 is 0 Å². The van der Waals surface area contributed by atoms with Crippen molar-refractivity contribution >= 4 is 38.6 Å². The van der Waals surface area contributed by atoms with E-state index in [9.17, 15) is 0 Å². The number of aromatic nitrogens is 2. The summed E-state index contributed by atoms with van der Waals surface area (Å²) >= 11 is 3.42. The number of nitrogens with one attached hydrogen (secondary N) is 1. The van der Waals surface area contributed by atoms with E-state index in [1.807, 2.05) is 24.7 Å². The first-order valence-corrected chi connectivity index (χ1v) is 7.05. The molecule has 3 aromatic heterocycles. The molecule has 0 aliphatic rings. The molecule has 0 saturated carbocycles. The fraction of sp³-hybridized carbons (Fsp3) is 0.167. The lowest BCUT2D eigenvalue weighted by molar-refractivity contribution is 1.10. The molecule has 0 aliphatic heterocycles. The number of fused-ring (bicyclic) bond motifs is 1. The van der Waals surface area contributed by atoms with E-state index in [2.05, 4.69) is 26.7 Å². The highest BCUT2D eigenvalue weighted by Gasteiger charge is 2.05. The first-order chi connectivity index (χ1) is 8.34. The quantitative estimate of drug-likeness (QED) is 0.781. The molecule has 3 aromatic rings. The highest BCUT2D eigenvalue weighted by atomic mass is 32.1. The maximum Gasteiger partial charge on any atom is 0.134 e. The second kappa shape index (κ2) is 4.43. The van der Waals surface area contributed by atoms with Gasteiger partial charge in [-0.15, -0.1) is 22.7 Å². The van der Waals surface area contributed by atoms with Gasteiger partial charge in [0.25, 0.3) is 0 Å². The van der Waals surface area contributed by atoms with Crippen molar-refractivity contribution in [3.05, 3.63) is 39.8 Å². The van der Waals surface area contributed by atoms with Crippen LogP contribution in [0.2, 0.25) is 0 Å². The monoisotopic (exact) mass is 261 g/mol. The molecule has 3 heterocycles. The second-order valence-corrected chi connectivity index (χ2v) is 5.59. The maximum absolute atomic E-state index is 4.39. The predicted molar refractivity (Wildman–Crippen MR) is 73.8 cm³/mol. The standard InChI is InChI=1S/C12H11N3S2/c1-8-11(17-7-15-8)6-14-12-9-3-5-16-10(9)2-4-13-12/h2-5,7H,6H2,1H3,(H,13,14). The Morgan fingerprint density at radius 2 is 2.18 bits per heavy atom. The average Bonchev–Trinajstić information content (AvgIpc) is 2.95. The maximum atomic E-state index is 4.39. The van der Waals surface area contributed by atoms with Crippen LogP contribution < -0.4 is 5.32 Å². The van der Waals surface area contributed by atoms with Crippen LogP contribution in [0.25, 0.3) is 10.1 Å². The van der Waals surface area contributed by atoms with E-state index in [4.69, 9.17) is 0 Å². The summed E-state index contributed by atoms with van der Waals surface area (Å²) in [6.07, 6.45) is 1.85. The Balaban J connectivity index is 1.86. The lowest BCUT2D eigenvalue weighted by atomic mass is 10.3. The zero-order valence-corrected chi connectivity index (χ0v) is 10.9. The fourth-order valence-corrected chi connectivity index (χ4v) is 3.19. The van der Waals surface area contributed by atoms with Gasteiger partial charge in [-0.1, -0.05) is 0 Å². The number of thiazole rings is 1. The molecule has 0 saturated heterocycles. The van der Waals surface area contributed by atoms with Crippen molar-refractivity contribution in [1.29, 1.82) is 0 Å². The first kappa shape index (κ1) is 10.7. The van der Waals surface area contributed by atoms with Gasteiger partial charge >= 0.3 is 0 Å². The molecular formula is C12H11N3S2. The Bertz CT molecular complexity index is 642. The number of thiophene rings is 1. The van der Waals surface area contributed by atoms with Crippen molar-refractivity contribution in [2.45, 2.75) is 13.5 Å². The molecule has 0 spiro atoms. The lowest BCUT2D eigenvalue weighted by Crippen LogP contribution is -2.01. The Hall–Kier alpha value is -1.46. The van der Waals surface area contributed by atoms with Crippen molar-refractivity contribution in [1.82, 2.24) is 9.97 Å². The van der Waals surface area contributed by atoms with Gasteiger partial charge in [-0.05, 0) is 24.4 Å². The molecule has 0 aliphatic carbocycles. The minimum atomic E-state index is 0.790. The minimum Gasteiger partial charge on any atom is -0.365 e. The molecule has 1 N–H and O–H groups in total. The number of rotatable bonds is 3. The molecule has 0 bridgehead atoms. The summed E-state index contributed by atoms with van der Waals surface area (Å²) in [6, 6.07) is 4.15. The van der Waals surface area contributed by atoms with Crippen LogP contribution in [-0.4, -0.2) is 9.97 Å². The summed E-state index contributed by atoms with van der Waals surface area (Å²) in [6.45, 7) is 2.82. The molecular weight excluding hydrogens is 250 g/mol. The molecule has 5 heteroatoms. The largest absolute Gasteiger partial charge is 0.365 e. The molecule has 0 atom stereocenters. The van der Waals surface area contributed by atoms with Crippen molar-refractivity contribution in [2.75, 3.05) is 5.32 Å². The van der Waals surface area contributed by atoms with E-state index in [0.717, 1.165) is 18.1 Å². The summed E-state index contributed by atoms with van der Waals surface area (Å²) in [7, 11) is 0. The van der Waals surface area contributed by atoms with Crippen molar-refractivity contribution < 1.29 is 0 Å². The molecule has 0 unspecified atom stereocenters. The third kappa shape index (κ3) is 2.03. The molecule has 86 valence electrons. The number of aryl methyl sites for hydroxylation is 1. The van der Waals surface area contributed by atoms with Gasteiger partial charge < -0.3 is 5.32 Å². The zero-order valence-electron chi connectivity index (χ0n) is 9.30. The SMILES string of the molecule is Cc1ncsc1CNc1nccc2sccc12. The molecule has 3 nitrogen and oxygen atoms in total. The van der Waals surface area contributed by atoms with E-state index in [1.54, 1.807) is 22.7 Å². The predicted octanol–water partition coefficient (Wildman–Crippen LogP) is 3.67. The average molecular weight is 261 g/mol. The first-order valence-electron chi connectivity index (χ1n) is 5.29. The van der Waals surface area contributed by atoms with Crippen LogP contribution in [0.15, 0.2) is 29.2 Å². The molecule has 0 radical (unpaired) electrons. The topological polar surface area (TPSA) is 37.8 Å². The van der Waals surface area contributed by atoms with Crippen LogP contribution in [0.3, 0.4) is 0 Å². The van der Waals surface area contributed by atoms with Crippen molar-refractivity contribution in [3.8, 4) is 0 Å². The van der Waals surface area contributed by atoms with Crippen LogP contribution in [0.4, 0.5) is 5.82 Å². The summed E-state index contributed by atoms with van der Waals surface area (Å²) in [4.78, 5) is 9.89. The van der Waals surface area contributed by atoms with Gasteiger partial charge in [-0.2, -0.15) is 0 Å². The smallest absolute Gasteiger partial charge is 0.134 e. The third-order valence-electron chi connectivity index (χ3n) is 2.64. The van der Waals surface area contributed by atoms with Crippen molar-refractivity contribution in [3.63, 3.8) is 0 Å². The summed E-state index contributed by atoms with van der Waals surface area (Å²) in [5.74, 6) is 0.955. The molecule has 3 rings (SSSR count). The third-order valence-corrected chi connectivity index (χ3v) is 4.46. The summed E-state index contributed by atoms with van der Waals surface area (Å²) < 4.78 is 1.27. The number of nitrogens with zero attached hydrogens (tertiary/aromatic N) is 2. The molecule has 17 heavy (non-hydrogen) atoms. The number of hydrogen-bond donors (Lipinski definition) is 1. The number of hydrogen-bond acceptors (Lipinski definition) is 5. The normalized spacial score (nSPS) is 10.9. The van der Waals surface area contributed by atoms with Crippen molar-refractivity contribution in [2.24, 2.45) is 0 Å². The van der Waals surface area contributed by atoms with E-state index in [-0.39, 0.29) is 0 Å². The van der Waals surface area contributed by atoms with Gasteiger partial charge in [0.1, 0.15) is 5.82 Å². The minimum absolute atomic E-state index is 0.790. The van der Waals surface area contributed by atoms with E-state index in [0.29, 0.717) is 0 Å². The molecule has 0 fully saturated rings. The number of pyridine rings is 1. The van der Waals surface area contributed by atoms with Crippen LogP contribution >= 0.6 is 22.7 Å². The second-order valence-electron chi connectivity index (χ2n) is 3.71. The summed E-state index contributed by atoms with van der Waals surface area (Å²) in [5.41, 5.74) is 2.98. The van der Waals surface area contributed by atoms with Gasteiger partial charge in [0.2, 0.25) is 0 Å². The van der Waals surface area contributed by atoms with Gasteiger partial charge in [-0.25, -0.2) is 9.97 Å². The van der Waals surface area contributed by atoms with E-state index >= 15 is 0 Å². The van der Waals surface area contributed by atoms with Crippen LogP contribution in [0.1, 0.15) is 10.6 Å². The van der Waals surface area contributed by atoms with Crippen LogP contribution in [0, 0.1) is 6.92 Å². The highest BCUT2D eigenvalue weighted by Crippen LogP contribution is 2.26. The van der Waals surface area contributed by atoms with Crippen LogP contribution in [-0.2, 0) is 6.54 Å². The van der Waals surface area contributed by atoms with E-state index in [1.165, 1.54) is 15.0 Å². The summed E-state index contributed by atoms with van der Waals surface area (Å²) in [5, 5.41) is 6.67. The Morgan fingerprint density at radius 1 is 1.24 bits per heavy atom.